The molecule has 0 spiro atoms. The molecule has 1 aromatic rings. The van der Waals surface area contributed by atoms with Crippen LogP contribution in [0.1, 0.15) is 44.7 Å². The van der Waals surface area contributed by atoms with E-state index in [1.807, 2.05) is 0 Å². The van der Waals surface area contributed by atoms with Crippen LogP contribution in [0, 0.1) is 0 Å². The average Bonchev–Trinajstić information content (AvgIpc) is 2.89. The first kappa shape index (κ1) is 15.0. The molecule has 1 aliphatic heterocycles. The van der Waals surface area contributed by atoms with Crippen molar-refractivity contribution in [3.8, 4) is 0 Å². The summed E-state index contributed by atoms with van der Waals surface area (Å²) >= 11 is 3.50. The fourth-order valence-electron chi connectivity index (χ4n) is 3.01. The van der Waals surface area contributed by atoms with E-state index in [2.05, 4.69) is 64.3 Å². The molecule has 1 saturated heterocycles. The van der Waals surface area contributed by atoms with Gasteiger partial charge in [0, 0.05) is 23.1 Å². The Balaban J connectivity index is 1.90. The summed E-state index contributed by atoms with van der Waals surface area (Å²) in [5, 5.41) is 3.75. The summed E-state index contributed by atoms with van der Waals surface area (Å²) in [6.07, 6.45) is 3.84. The Hall–Kier alpha value is -0.380. The molecule has 1 aliphatic rings. The second kappa shape index (κ2) is 7.41. The molecule has 2 rings (SSSR count). The van der Waals surface area contributed by atoms with Crippen molar-refractivity contribution in [2.24, 2.45) is 0 Å². The van der Waals surface area contributed by atoms with Gasteiger partial charge in [0.05, 0.1) is 0 Å². The summed E-state index contributed by atoms with van der Waals surface area (Å²) in [6, 6.07) is 9.91. The third-order valence-corrected chi connectivity index (χ3v) is 4.71. The molecular weight excluding hydrogens is 300 g/mol. The lowest BCUT2D eigenvalue weighted by Gasteiger charge is -2.26. The lowest BCUT2D eigenvalue weighted by molar-refractivity contribution is 0.253. The maximum atomic E-state index is 3.75. The van der Waals surface area contributed by atoms with Crippen LogP contribution in [0.2, 0.25) is 0 Å². The van der Waals surface area contributed by atoms with Crippen LogP contribution in [0.15, 0.2) is 28.7 Å². The molecule has 2 atom stereocenters. The average molecular weight is 325 g/mol. The molecule has 1 N–H and O–H groups in total. The van der Waals surface area contributed by atoms with Crippen molar-refractivity contribution in [3.05, 3.63) is 34.3 Å². The topological polar surface area (TPSA) is 15.3 Å². The molecule has 0 aromatic heterocycles. The monoisotopic (exact) mass is 324 g/mol. The van der Waals surface area contributed by atoms with Crippen LogP contribution in [0.5, 0.6) is 0 Å². The van der Waals surface area contributed by atoms with Gasteiger partial charge in [-0.05, 0) is 50.0 Å². The Kier molecular flexibility index (Phi) is 5.86. The van der Waals surface area contributed by atoms with Crippen molar-refractivity contribution < 1.29 is 0 Å². The van der Waals surface area contributed by atoms with Crippen molar-refractivity contribution in [3.63, 3.8) is 0 Å². The number of benzene rings is 1. The lowest BCUT2D eigenvalue weighted by atomic mass is 10.0. The molecule has 0 radical (unpaired) electrons. The zero-order valence-corrected chi connectivity index (χ0v) is 13.6. The largest absolute Gasteiger partial charge is 0.308 e. The Morgan fingerprint density at radius 1 is 1.32 bits per heavy atom. The molecule has 106 valence electrons. The zero-order valence-electron chi connectivity index (χ0n) is 12.0. The summed E-state index contributed by atoms with van der Waals surface area (Å²) in [7, 11) is 0. The van der Waals surface area contributed by atoms with Gasteiger partial charge in [0.1, 0.15) is 0 Å². The van der Waals surface area contributed by atoms with Gasteiger partial charge in [0.25, 0.3) is 0 Å². The van der Waals surface area contributed by atoms with E-state index < -0.39 is 0 Å². The van der Waals surface area contributed by atoms with Crippen LogP contribution in [0.25, 0.3) is 0 Å². The smallest absolute Gasteiger partial charge is 0.0318 e. The Morgan fingerprint density at radius 2 is 2.05 bits per heavy atom. The molecule has 0 amide bonds. The maximum absolute atomic E-state index is 3.75. The van der Waals surface area contributed by atoms with Gasteiger partial charge in [-0.2, -0.15) is 0 Å². The molecule has 0 saturated carbocycles. The molecule has 1 heterocycles. The normalized spacial score (nSPS) is 21.7. The minimum absolute atomic E-state index is 0.479. The van der Waals surface area contributed by atoms with Crippen LogP contribution in [-0.2, 0) is 0 Å². The van der Waals surface area contributed by atoms with Crippen LogP contribution in [-0.4, -0.2) is 30.6 Å². The number of halogens is 1. The van der Waals surface area contributed by atoms with Crippen molar-refractivity contribution in [1.29, 1.82) is 0 Å². The SMILES string of the molecule is CCC(NCC1CCCN1CC)c1ccc(Br)cc1. The van der Waals surface area contributed by atoms with E-state index in [1.54, 1.807) is 0 Å². The van der Waals surface area contributed by atoms with Gasteiger partial charge >= 0.3 is 0 Å². The van der Waals surface area contributed by atoms with Crippen molar-refractivity contribution in [1.82, 2.24) is 10.2 Å². The lowest BCUT2D eigenvalue weighted by Crippen LogP contribution is -2.39. The highest BCUT2D eigenvalue weighted by Gasteiger charge is 2.23. The van der Waals surface area contributed by atoms with E-state index in [4.69, 9.17) is 0 Å². The van der Waals surface area contributed by atoms with E-state index in [1.165, 1.54) is 31.5 Å². The van der Waals surface area contributed by atoms with E-state index in [9.17, 15) is 0 Å². The van der Waals surface area contributed by atoms with Gasteiger partial charge in [-0.15, -0.1) is 0 Å². The first-order chi connectivity index (χ1) is 9.24. The van der Waals surface area contributed by atoms with Gasteiger partial charge in [-0.3, -0.25) is 4.90 Å². The summed E-state index contributed by atoms with van der Waals surface area (Å²) in [4.78, 5) is 2.60. The number of hydrogen-bond acceptors (Lipinski definition) is 2. The van der Waals surface area contributed by atoms with Crippen molar-refractivity contribution in [2.75, 3.05) is 19.6 Å². The fourth-order valence-corrected chi connectivity index (χ4v) is 3.28. The first-order valence-electron chi connectivity index (χ1n) is 7.47. The molecule has 19 heavy (non-hydrogen) atoms. The molecule has 1 fully saturated rings. The van der Waals surface area contributed by atoms with Gasteiger partial charge in [-0.1, -0.05) is 41.9 Å². The van der Waals surface area contributed by atoms with Crippen LogP contribution >= 0.6 is 15.9 Å². The second-order valence-corrected chi connectivity index (χ2v) is 6.26. The van der Waals surface area contributed by atoms with Crippen LogP contribution < -0.4 is 5.32 Å². The van der Waals surface area contributed by atoms with Crippen LogP contribution in [0.4, 0.5) is 0 Å². The maximum Gasteiger partial charge on any atom is 0.0318 e. The fraction of sp³-hybridized carbons (Fsp3) is 0.625. The van der Waals surface area contributed by atoms with Gasteiger partial charge in [-0.25, -0.2) is 0 Å². The molecule has 0 aliphatic carbocycles. The third kappa shape index (κ3) is 4.04. The number of likely N-dealkylation sites (N-methyl/N-ethyl adjacent to an activating group) is 1. The van der Waals surface area contributed by atoms with Crippen LogP contribution in [0.3, 0.4) is 0 Å². The standard InChI is InChI=1S/C16H25BrN2/c1-3-16(13-7-9-14(17)10-8-13)18-12-15-6-5-11-19(15)4-2/h7-10,15-16,18H,3-6,11-12H2,1-2H3. The number of nitrogens with zero attached hydrogens (tertiary/aromatic N) is 1. The zero-order chi connectivity index (χ0) is 13.7. The number of likely N-dealkylation sites (tertiary alicyclic amines) is 1. The molecule has 0 bridgehead atoms. The minimum atomic E-state index is 0.479. The molecule has 2 unspecified atom stereocenters. The van der Waals surface area contributed by atoms with Gasteiger partial charge in [0.2, 0.25) is 0 Å². The quantitative estimate of drug-likeness (QED) is 0.851. The van der Waals surface area contributed by atoms with E-state index >= 15 is 0 Å². The number of nitrogens with one attached hydrogen (secondary N) is 1. The third-order valence-electron chi connectivity index (χ3n) is 4.19. The van der Waals surface area contributed by atoms with Crippen molar-refractivity contribution in [2.45, 2.75) is 45.2 Å². The van der Waals surface area contributed by atoms with Gasteiger partial charge < -0.3 is 5.32 Å². The Bertz CT molecular complexity index is 377. The summed E-state index contributed by atoms with van der Waals surface area (Å²) in [5.41, 5.74) is 1.40. The predicted molar refractivity (Wildman–Crippen MR) is 85.4 cm³/mol. The van der Waals surface area contributed by atoms with Gasteiger partial charge in [0.15, 0.2) is 0 Å². The minimum Gasteiger partial charge on any atom is -0.308 e. The number of hydrogen-bond donors (Lipinski definition) is 1. The predicted octanol–water partition coefficient (Wildman–Crippen LogP) is 3.97. The molecule has 1 aromatic carbocycles. The molecule has 3 heteroatoms. The molecular formula is C16H25BrN2. The Morgan fingerprint density at radius 3 is 2.68 bits per heavy atom. The highest BCUT2D eigenvalue weighted by Crippen LogP contribution is 2.21. The summed E-state index contributed by atoms with van der Waals surface area (Å²) < 4.78 is 1.15. The first-order valence-corrected chi connectivity index (χ1v) is 8.26. The highest BCUT2D eigenvalue weighted by atomic mass is 79.9. The second-order valence-electron chi connectivity index (χ2n) is 5.35. The number of rotatable bonds is 6. The van der Waals surface area contributed by atoms with E-state index in [0.29, 0.717) is 6.04 Å². The summed E-state index contributed by atoms with van der Waals surface area (Å²) in [5.74, 6) is 0. The Labute approximate surface area is 125 Å². The molecule has 2 nitrogen and oxygen atoms in total. The van der Waals surface area contributed by atoms with Crippen molar-refractivity contribution >= 4 is 15.9 Å². The summed E-state index contributed by atoms with van der Waals surface area (Å²) in [6.45, 7) is 8.10. The van der Waals surface area contributed by atoms with E-state index in [0.717, 1.165) is 23.5 Å². The highest BCUT2D eigenvalue weighted by molar-refractivity contribution is 9.10. The van der Waals surface area contributed by atoms with E-state index in [-0.39, 0.29) is 0 Å².